The average molecular weight is 1670 g/mol. The highest BCUT2D eigenvalue weighted by atomic mass is 127. The van der Waals surface area contributed by atoms with Crippen LogP contribution in [0.4, 0.5) is 79.6 Å². The number of rotatable bonds is 13. The molecule has 0 radical (unpaired) electrons. The fourth-order valence-corrected chi connectivity index (χ4v) is 13.4. The van der Waals surface area contributed by atoms with Crippen LogP contribution in [0.1, 0.15) is 53.4 Å². The highest BCUT2D eigenvalue weighted by Gasteiger charge is 2.20. The lowest BCUT2D eigenvalue weighted by Gasteiger charge is -2.30. The van der Waals surface area contributed by atoms with Crippen molar-refractivity contribution in [3.63, 3.8) is 0 Å². The first-order valence-corrected chi connectivity index (χ1v) is 36.0. The minimum atomic E-state index is 0. The Bertz CT molecular complexity index is 4370. The summed E-state index contributed by atoms with van der Waals surface area (Å²) in [7, 11) is 0. The third-order valence-electron chi connectivity index (χ3n) is 15.4. The lowest BCUT2D eigenvalue weighted by Crippen LogP contribution is -2.13. The third kappa shape index (κ3) is 23.3. The molecule has 11 heteroatoms. The summed E-state index contributed by atoms with van der Waals surface area (Å²) in [6.07, 6.45) is 1.89. The van der Waals surface area contributed by atoms with Crippen molar-refractivity contribution in [2.75, 3.05) is 31.1 Å². The van der Waals surface area contributed by atoms with E-state index < -0.39 is 0 Å². The third-order valence-corrected chi connectivity index (χ3v) is 17.7. The van der Waals surface area contributed by atoms with E-state index in [0.29, 0.717) is 11.4 Å². The number of halogens is 4. The Morgan fingerprint density at radius 2 is 0.510 bits per heavy atom. The zero-order valence-electron chi connectivity index (χ0n) is 57.0. The molecule has 5 N–H and O–H groups in total. The van der Waals surface area contributed by atoms with Gasteiger partial charge in [-0.3, -0.25) is 0 Å². The van der Waals surface area contributed by atoms with E-state index in [9.17, 15) is 0 Å². The fraction of sp³-hybridized carbons (Fsp3) is 0.0899. The Kier molecular flexibility index (Phi) is 30.6. The SMILES string of the molecule is Brc1cccc(I)c1.C.C=Cc1cccc(N(c2cccc(C)c2)c2cccc(N(c3cccc(C)c3)c3cccc(C)c3)c2)c1.C=N.Cc1cccc(I)c1.Cc1cccc(N(c2cccc(C)c2)c2cccc(N(c3cccc(C)c3)c3cccc(Br)c3)c2)c1.Nc1cccc(N)c1.[HH]. The fourth-order valence-electron chi connectivity index (χ4n) is 11.0. The first-order valence-electron chi connectivity index (χ1n) is 32.2. The zero-order valence-corrected chi connectivity index (χ0v) is 64.5. The highest BCUT2D eigenvalue weighted by molar-refractivity contribution is 14.1. The van der Waals surface area contributed by atoms with Crippen molar-refractivity contribution in [1.82, 2.24) is 0 Å². The quantitative estimate of drug-likeness (QED) is 0.0606. The number of hydrogen-bond donors (Lipinski definition) is 3. The topological polar surface area (TPSA) is 88.8 Å². The predicted molar refractivity (Wildman–Crippen MR) is 463 cm³/mol. The van der Waals surface area contributed by atoms with Gasteiger partial charge in [-0.25, -0.2) is 0 Å². The summed E-state index contributed by atoms with van der Waals surface area (Å²) in [5.41, 5.74) is 35.4. The molecule has 0 atom stereocenters. The number of benzene rings is 13. The van der Waals surface area contributed by atoms with Gasteiger partial charge in [0.15, 0.2) is 0 Å². The second-order valence-corrected chi connectivity index (χ2v) is 27.9. The van der Waals surface area contributed by atoms with Gasteiger partial charge in [0, 0.05) is 97.1 Å². The molecule has 7 nitrogen and oxygen atoms in total. The van der Waals surface area contributed by atoms with Crippen LogP contribution in [-0.4, -0.2) is 6.72 Å². The van der Waals surface area contributed by atoms with Crippen molar-refractivity contribution in [2.24, 2.45) is 0 Å². The van der Waals surface area contributed by atoms with Gasteiger partial charge >= 0.3 is 0 Å². The van der Waals surface area contributed by atoms with Crippen molar-refractivity contribution in [2.45, 2.75) is 55.9 Å². The maximum Gasteiger partial charge on any atom is 0.0482 e. The second-order valence-electron chi connectivity index (χ2n) is 23.6. The molecule has 0 aliphatic heterocycles. The molecule has 0 amide bonds. The van der Waals surface area contributed by atoms with Crippen molar-refractivity contribution in [3.8, 4) is 0 Å². The Morgan fingerprint density at radius 1 is 0.290 bits per heavy atom. The van der Waals surface area contributed by atoms with Gasteiger partial charge in [0.1, 0.15) is 0 Å². The van der Waals surface area contributed by atoms with Crippen LogP contribution in [0.2, 0.25) is 0 Å². The van der Waals surface area contributed by atoms with Crippen LogP contribution < -0.4 is 31.1 Å². The van der Waals surface area contributed by atoms with Gasteiger partial charge in [-0.05, 0) is 327 Å². The minimum Gasteiger partial charge on any atom is -0.399 e. The molecule has 0 fully saturated rings. The summed E-state index contributed by atoms with van der Waals surface area (Å²) >= 11 is 11.6. The summed E-state index contributed by atoms with van der Waals surface area (Å²) in [6.45, 7) is 21.4. The molecule has 0 spiro atoms. The van der Waals surface area contributed by atoms with E-state index in [0.717, 1.165) is 82.8 Å². The molecule has 0 heterocycles. The van der Waals surface area contributed by atoms with Gasteiger partial charge in [-0.15, -0.1) is 0 Å². The molecule has 13 aromatic carbocycles. The van der Waals surface area contributed by atoms with Crippen LogP contribution in [0.15, 0.2) is 331 Å². The maximum atomic E-state index is 5.50. The van der Waals surface area contributed by atoms with Gasteiger partial charge in [0.05, 0.1) is 0 Å². The van der Waals surface area contributed by atoms with Crippen LogP contribution >= 0.6 is 77.0 Å². The number of nitrogens with two attached hydrogens (primary N) is 2. The average Bonchev–Trinajstić information content (AvgIpc) is 0.792. The second kappa shape index (κ2) is 39.3. The number of aryl methyl sites for hydroxylation is 7. The lowest BCUT2D eigenvalue weighted by molar-refractivity contribution is 1.23. The first kappa shape index (κ1) is 77.8. The van der Waals surface area contributed by atoms with E-state index in [1.807, 2.05) is 24.3 Å². The van der Waals surface area contributed by atoms with E-state index in [4.69, 9.17) is 16.9 Å². The van der Waals surface area contributed by atoms with E-state index >= 15 is 0 Å². The lowest BCUT2D eigenvalue weighted by atomic mass is 10.1. The standard InChI is InChI=1S/C35H32N2.C33H29BrN2.C7H7I.C6H4BrI.C6H8N2.CH3N.CH4.H2/c1-5-29-14-9-18-33(24-29)37(32-17-8-13-28(4)23-32)35-20-10-19-34(25-35)36(30-15-6-11-26(2)21-30)31-16-7-12-27(3)22-31;1-24-9-4-13-28(19-24)35(29-14-5-10-25(2)20-29)32-17-8-18-33(23-32)36(30-15-6-11-26(3)21-30)31-16-7-12-27(34)22-31;1-6-3-2-4-7(8)5-6;2*7-5-2-1-3-6(8)4-5;1-2;;/h5-25H,1H2,2-4H3;4-23H,1-3H3;2-5H,1H3;1-4H;1-4H,7-8H2;2H,1H2;1H4;1H. The van der Waals surface area contributed by atoms with Crippen LogP contribution in [0.3, 0.4) is 0 Å². The Hall–Kier alpha value is -9.51. The molecular formula is C89H89Br2I2N7. The molecule has 0 saturated carbocycles. The molecule has 0 unspecified atom stereocenters. The molecule has 0 aliphatic rings. The van der Waals surface area contributed by atoms with Gasteiger partial charge in [-0.2, -0.15) is 0 Å². The van der Waals surface area contributed by atoms with Crippen LogP contribution in [0.5, 0.6) is 0 Å². The van der Waals surface area contributed by atoms with Crippen LogP contribution in [-0.2, 0) is 0 Å². The molecule has 0 saturated heterocycles. The Morgan fingerprint density at radius 3 is 0.740 bits per heavy atom. The Labute approximate surface area is 640 Å². The number of nitrogens with zero attached hydrogens (tertiary/aromatic N) is 4. The molecule has 0 aromatic heterocycles. The van der Waals surface area contributed by atoms with Crippen molar-refractivity contribution < 1.29 is 1.43 Å². The first-order chi connectivity index (χ1) is 47.8. The van der Waals surface area contributed by atoms with E-state index in [1.54, 1.807) is 18.2 Å². The highest BCUT2D eigenvalue weighted by Crippen LogP contribution is 2.44. The molecule has 13 aromatic rings. The Balaban J connectivity index is 0.000000231. The molecule has 0 bridgehead atoms. The van der Waals surface area contributed by atoms with Gasteiger partial charge in [0.2, 0.25) is 0 Å². The number of hydrogen-bond acceptors (Lipinski definition) is 7. The van der Waals surface area contributed by atoms with E-state index in [-0.39, 0.29) is 8.85 Å². The van der Waals surface area contributed by atoms with Crippen molar-refractivity contribution in [1.29, 1.82) is 5.41 Å². The molecule has 100 heavy (non-hydrogen) atoms. The predicted octanol–water partition coefficient (Wildman–Crippen LogP) is 28.2. The molecular weight excluding hydrogens is 1580 g/mol. The zero-order chi connectivity index (χ0) is 70.8. The number of nitrogen functional groups attached to an aromatic ring is 2. The van der Waals surface area contributed by atoms with Crippen LogP contribution in [0, 0.1) is 61.0 Å². The summed E-state index contributed by atoms with van der Waals surface area (Å²) in [5.74, 6) is 0. The van der Waals surface area contributed by atoms with E-state index in [2.05, 4.69) is 437 Å². The summed E-state index contributed by atoms with van der Waals surface area (Å²) in [5, 5.41) is 5.50. The molecule has 13 rings (SSSR count). The number of anilines is 14. The summed E-state index contributed by atoms with van der Waals surface area (Å²) < 4.78 is 4.76. The molecule has 508 valence electrons. The van der Waals surface area contributed by atoms with Crippen molar-refractivity contribution >= 4 is 169 Å². The van der Waals surface area contributed by atoms with Crippen molar-refractivity contribution in [3.05, 3.63) is 383 Å². The minimum absolute atomic E-state index is 0. The normalized spacial score (nSPS) is 10.1. The summed E-state index contributed by atoms with van der Waals surface area (Å²) in [4.78, 5) is 9.29. The monoisotopic (exact) mass is 1670 g/mol. The summed E-state index contributed by atoms with van der Waals surface area (Å²) in [6, 6.07) is 110. The van der Waals surface area contributed by atoms with Gasteiger partial charge in [-0.1, -0.05) is 185 Å². The number of nitrogens with one attached hydrogen (secondary N) is 1. The largest absolute Gasteiger partial charge is 0.399 e. The van der Waals surface area contributed by atoms with E-state index in [1.165, 1.54) is 46.1 Å². The van der Waals surface area contributed by atoms with Crippen LogP contribution in [0.25, 0.3) is 6.08 Å². The van der Waals surface area contributed by atoms with Gasteiger partial charge < -0.3 is 36.5 Å². The molecule has 0 aliphatic carbocycles. The van der Waals surface area contributed by atoms with Gasteiger partial charge in [0.25, 0.3) is 0 Å². The smallest absolute Gasteiger partial charge is 0.0482 e. The maximum absolute atomic E-state index is 5.50.